The predicted octanol–water partition coefficient (Wildman–Crippen LogP) is 12.2. The Hall–Kier alpha value is -6.23. The van der Waals surface area contributed by atoms with Crippen LogP contribution in [0.3, 0.4) is 0 Å². The Balaban J connectivity index is 1.37. The largest absolute Gasteiger partial charge is 0.208 e. The fraction of sp³-hybridized carbons (Fsp3) is 0. The van der Waals surface area contributed by atoms with Gasteiger partial charge in [0, 0.05) is 36.9 Å². The van der Waals surface area contributed by atoms with Crippen LogP contribution < -0.4 is 0 Å². The van der Waals surface area contributed by atoms with Crippen LogP contribution in [-0.4, -0.2) is 15.0 Å². The summed E-state index contributed by atoms with van der Waals surface area (Å²) in [5, 5.41) is 0.117. The maximum Gasteiger partial charge on any atom is 0.164 e. The molecule has 0 bridgehead atoms. The van der Waals surface area contributed by atoms with E-state index in [1.165, 1.54) is 0 Å². The van der Waals surface area contributed by atoms with Gasteiger partial charge in [0.05, 0.1) is 15.1 Å². The molecule has 0 spiro atoms. The monoisotopic (exact) mass is 654 g/mol. The first-order valence-electron chi connectivity index (χ1n) is 21.0. The van der Waals surface area contributed by atoms with Crippen LogP contribution in [0.4, 0.5) is 0 Å². The summed E-state index contributed by atoms with van der Waals surface area (Å²) in [5.41, 5.74) is 4.54. The lowest BCUT2D eigenvalue weighted by Gasteiger charge is -2.11. The van der Waals surface area contributed by atoms with Gasteiger partial charge in [-0.2, -0.15) is 0 Å². The first kappa shape index (κ1) is 19.6. The van der Waals surface area contributed by atoms with E-state index in [4.69, 9.17) is 28.7 Å². The molecule has 0 atom stereocenters. The molecular weight excluding hydrogens is 615 g/mol. The first-order valence-corrected chi connectivity index (χ1v) is 16.3. The van der Waals surface area contributed by atoms with Crippen LogP contribution in [0, 0.1) is 0 Å². The Morgan fingerprint density at radius 3 is 1.31 bits per heavy atom. The summed E-state index contributed by atoms with van der Waals surface area (Å²) < 4.78 is 97.2. The van der Waals surface area contributed by atoms with Crippen molar-refractivity contribution in [3.63, 3.8) is 0 Å². The smallest absolute Gasteiger partial charge is 0.164 e. The molecule has 2 aromatic heterocycles. The molecule has 0 saturated carbocycles. The summed E-state index contributed by atoms with van der Waals surface area (Å²) >= 11 is 0.896. The molecule has 4 heteroatoms. The predicted molar refractivity (Wildman–Crippen MR) is 205 cm³/mol. The zero-order valence-corrected chi connectivity index (χ0v) is 26.5. The van der Waals surface area contributed by atoms with E-state index in [-0.39, 0.29) is 66.4 Å². The quantitative estimate of drug-likeness (QED) is 0.179. The maximum atomic E-state index is 9.38. The number of fused-ring (bicyclic) bond motifs is 3. The zero-order chi connectivity index (χ0) is 42.1. The molecule has 0 fully saturated rings. The molecule has 0 N–H and O–H groups in total. The second-order valence-electron chi connectivity index (χ2n) is 11.2. The highest BCUT2D eigenvalue weighted by molar-refractivity contribution is 7.26. The van der Waals surface area contributed by atoms with Crippen LogP contribution in [0.1, 0.15) is 15.1 Å². The van der Waals surface area contributed by atoms with Crippen molar-refractivity contribution in [3.8, 4) is 67.5 Å². The minimum absolute atomic E-state index is 0.0273. The fourth-order valence-corrected chi connectivity index (χ4v) is 6.89. The van der Waals surface area contributed by atoms with Crippen molar-refractivity contribution in [2.75, 3.05) is 0 Å². The highest BCUT2D eigenvalue weighted by atomic mass is 32.1. The van der Waals surface area contributed by atoms with E-state index in [0.29, 0.717) is 11.1 Å². The third kappa shape index (κ3) is 5.48. The summed E-state index contributed by atoms with van der Waals surface area (Å²) in [4.78, 5) is 14.7. The number of aromatic nitrogens is 3. The van der Waals surface area contributed by atoms with Gasteiger partial charge in [-0.3, -0.25) is 0 Å². The van der Waals surface area contributed by atoms with Crippen molar-refractivity contribution in [2.24, 2.45) is 0 Å². The van der Waals surface area contributed by atoms with Crippen molar-refractivity contribution >= 4 is 31.5 Å². The van der Waals surface area contributed by atoms with Gasteiger partial charge >= 0.3 is 0 Å². The van der Waals surface area contributed by atoms with E-state index >= 15 is 0 Å². The van der Waals surface area contributed by atoms with Crippen LogP contribution in [0.15, 0.2) is 176 Å². The second kappa shape index (κ2) is 12.4. The van der Waals surface area contributed by atoms with Crippen LogP contribution in [0.2, 0.25) is 0 Å². The molecule has 9 rings (SSSR count). The number of rotatable bonds is 6. The van der Waals surface area contributed by atoms with Crippen LogP contribution >= 0.6 is 11.3 Å². The van der Waals surface area contributed by atoms with E-state index in [1.807, 2.05) is 109 Å². The van der Waals surface area contributed by atoms with Gasteiger partial charge in [-0.05, 0) is 45.5 Å². The van der Waals surface area contributed by atoms with E-state index in [0.717, 1.165) is 33.6 Å². The fourth-order valence-electron chi connectivity index (χ4n) is 5.87. The van der Waals surface area contributed by atoms with Crippen LogP contribution in [0.5, 0.6) is 0 Å². The number of hydrogen-bond acceptors (Lipinski definition) is 4. The van der Waals surface area contributed by atoms with Gasteiger partial charge in [-0.1, -0.05) is 164 Å². The molecule has 230 valence electrons. The summed E-state index contributed by atoms with van der Waals surface area (Å²) in [6.07, 6.45) is 0. The highest BCUT2D eigenvalue weighted by Crippen LogP contribution is 2.44. The molecule has 0 aliphatic carbocycles. The van der Waals surface area contributed by atoms with Crippen molar-refractivity contribution in [1.82, 2.24) is 15.0 Å². The van der Waals surface area contributed by atoms with Crippen LogP contribution in [-0.2, 0) is 0 Å². The SMILES string of the molecule is [2H]c1c([2H])c([2H])c(-c2c([2H])c([2H])c([2H])c3sc4c([2H])c([2H])c([2H])c(-c5nc(-c6ccc(-c7ccccc7)cc6)nc(-c6ccc(-c7ccccc7)cc6)n5)c4c23)c([2H])c1[2H]. The summed E-state index contributed by atoms with van der Waals surface area (Å²) in [5.74, 6) is 0.409. The topological polar surface area (TPSA) is 38.7 Å². The standard InChI is InChI=1S/C45H29N3S/c1-4-12-30(13-5-1)32-22-26-35(27-23-32)43-46-44(36-28-24-33(25-29-36)31-14-6-2-7-15-31)48-45(47-43)38-19-11-21-40-42(38)41-37(18-10-20-39(41)49-40)34-16-8-3-9-17-34/h1-29H/i3D,8D,9D,10D,11D,16D,17D,18D,19D,20D,21D. The zero-order valence-electron chi connectivity index (χ0n) is 36.6. The Morgan fingerprint density at radius 2 is 0.776 bits per heavy atom. The average molecular weight is 655 g/mol. The number of hydrogen-bond donors (Lipinski definition) is 0. The Bertz CT molecular complexity index is 3060. The molecular formula is C45H29N3S. The first-order chi connectivity index (χ1) is 28.8. The van der Waals surface area contributed by atoms with Gasteiger partial charge in [0.15, 0.2) is 17.5 Å². The Morgan fingerprint density at radius 1 is 0.347 bits per heavy atom. The Kier molecular flexibility index (Phi) is 4.96. The number of benzene rings is 7. The van der Waals surface area contributed by atoms with Crippen molar-refractivity contribution in [3.05, 3.63) is 176 Å². The molecule has 9 aromatic rings. The lowest BCUT2D eigenvalue weighted by molar-refractivity contribution is 1.08. The molecule has 0 amide bonds. The molecule has 0 unspecified atom stereocenters. The number of thiophene rings is 1. The van der Waals surface area contributed by atoms with Gasteiger partial charge in [-0.25, -0.2) is 15.0 Å². The van der Waals surface area contributed by atoms with Gasteiger partial charge in [-0.15, -0.1) is 11.3 Å². The molecule has 3 nitrogen and oxygen atoms in total. The lowest BCUT2D eigenvalue weighted by Crippen LogP contribution is -2.00. The van der Waals surface area contributed by atoms with E-state index in [1.54, 1.807) is 0 Å². The molecule has 0 radical (unpaired) electrons. The summed E-state index contributed by atoms with van der Waals surface area (Å²) in [7, 11) is 0. The van der Waals surface area contributed by atoms with E-state index in [2.05, 4.69) is 0 Å². The third-order valence-corrected chi connectivity index (χ3v) is 9.27. The second-order valence-corrected chi connectivity index (χ2v) is 12.2. The van der Waals surface area contributed by atoms with Gasteiger partial charge in [0.2, 0.25) is 0 Å². The summed E-state index contributed by atoms with van der Waals surface area (Å²) in [6, 6.07) is 29.0. The average Bonchev–Trinajstić information content (AvgIpc) is 3.68. The van der Waals surface area contributed by atoms with Crippen molar-refractivity contribution in [2.45, 2.75) is 0 Å². The normalized spacial score (nSPS) is 14.4. The molecule has 0 aliphatic rings. The molecule has 2 heterocycles. The van der Waals surface area contributed by atoms with Crippen molar-refractivity contribution in [1.29, 1.82) is 0 Å². The molecule has 0 saturated heterocycles. The van der Waals surface area contributed by atoms with Gasteiger partial charge < -0.3 is 0 Å². The minimum atomic E-state index is -0.654. The van der Waals surface area contributed by atoms with Gasteiger partial charge in [0.25, 0.3) is 0 Å². The maximum absolute atomic E-state index is 9.38. The molecule has 49 heavy (non-hydrogen) atoms. The van der Waals surface area contributed by atoms with Crippen molar-refractivity contribution < 1.29 is 15.1 Å². The highest BCUT2D eigenvalue weighted by Gasteiger charge is 2.19. The van der Waals surface area contributed by atoms with E-state index in [9.17, 15) is 1.37 Å². The summed E-state index contributed by atoms with van der Waals surface area (Å²) in [6.45, 7) is 0. The van der Waals surface area contributed by atoms with Gasteiger partial charge in [0.1, 0.15) is 0 Å². The van der Waals surface area contributed by atoms with E-state index < -0.39 is 54.4 Å². The van der Waals surface area contributed by atoms with Crippen LogP contribution in [0.25, 0.3) is 87.7 Å². The molecule has 7 aromatic carbocycles. The third-order valence-electron chi connectivity index (χ3n) is 8.24. The Labute approximate surface area is 304 Å². The molecule has 0 aliphatic heterocycles. The number of nitrogens with zero attached hydrogens (tertiary/aromatic N) is 3. The minimum Gasteiger partial charge on any atom is -0.208 e. The lowest BCUT2D eigenvalue weighted by atomic mass is 9.97.